The molecule has 1 amide bonds. The third-order valence-electron chi connectivity index (χ3n) is 2.61. The van der Waals surface area contributed by atoms with Crippen LogP contribution in [0.4, 0.5) is 5.69 Å². The molecule has 100 valence electrons. The highest BCUT2D eigenvalue weighted by atomic mass is 16.1. The first kappa shape index (κ1) is 13.0. The number of amides is 1. The predicted molar refractivity (Wildman–Crippen MR) is 70.8 cm³/mol. The van der Waals surface area contributed by atoms with Crippen LogP contribution < -0.4 is 10.6 Å². The fourth-order valence-corrected chi connectivity index (χ4v) is 1.56. The molecule has 0 aliphatic heterocycles. The number of nitrogens with zero attached hydrogens (tertiary/aromatic N) is 4. The van der Waals surface area contributed by atoms with Gasteiger partial charge in [0.05, 0.1) is 18.1 Å². The van der Waals surface area contributed by atoms with Gasteiger partial charge in [0.15, 0.2) is 0 Å². The lowest BCUT2D eigenvalue weighted by atomic mass is 10.3. The molecule has 2 aromatic heterocycles. The molecule has 0 radical (unpaired) electrons. The standard InChI is InChI=1S/C12H16N6O/c1-13-10-3-4-11(15-9-10)12(19)14-5-2-7-18-8-6-16-17-18/h3-4,6,8-9,13H,2,5,7H2,1H3,(H,14,19). The lowest BCUT2D eigenvalue weighted by Crippen LogP contribution is -2.26. The van der Waals surface area contributed by atoms with Crippen LogP contribution in [0.3, 0.4) is 0 Å². The Hall–Kier alpha value is -2.44. The van der Waals surface area contributed by atoms with Crippen LogP contribution >= 0.6 is 0 Å². The Bertz CT molecular complexity index is 508. The van der Waals surface area contributed by atoms with Gasteiger partial charge in [-0.2, -0.15) is 0 Å². The minimum absolute atomic E-state index is 0.166. The summed E-state index contributed by atoms with van der Waals surface area (Å²) in [5, 5.41) is 13.3. The van der Waals surface area contributed by atoms with Crippen molar-refractivity contribution in [2.75, 3.05) is 18.9 Å². The molecule has 2 N–H and O–H groups in total. The maximum Gasteiger partial charge on any atom is 0.269 e. The van der Waals surface area contributed by atoms with Gasteiger partial charge in [-0.1, -0.05) is 5.21 Å². The van der Waals surface area contributed by atoms with E-state index < -0.39 is 0 Å². The Morgan fingerprint density at radius 3 is 2.95 bits per heavy atom. The average Bonchev–Trinajstić information content (AvgIpc) is 2.96. The maximum absolute atomic E-state index is 11.8. The van der Waals surface area contributed by atoms with Gasteiger partial charge in [0, 0.05) is 26.3 Å². The van der Waals surface area contributed by atoms with E-state index in [2.05, 4.69) is 25.9 Å². The second-order valence-electron chi connectivity index (χ2n) is 3.96. The SMILES string of the molecule is CNc1ccc(C(=O)NCCCn2ccnn2)nc1. The Labute approximate surface area is 111 Å². The first-order valence-electron chi connectivity index (χ1n) is 6.05. The predicted octanol–water partition coefficient (Wildman–Crippen LogP) is 0.535. The van der Waals surface area contributed by atoms with E-state index in [-0.39, 0.29) is 5.91 Å². The molecule has 0 fully saturated rings. The van der Waals surface area contributed by atoms with Crippen LogP contribution in [0.15, 0.2) is 30.7 Å². The van der Waals surface area contributed by atoms with Crippen molar-refractivity contribution in [3.8, 4) is 0 Å². The summed E-state index contributed by atoms with van der Waals surface area (Å²) < 4.78 is 1.73. The van der Waals surface area contributed by atoms with Crippen molar-refractivity contribution in [2.45, 2.75) is 13.0 Å². The third-order valence-corrected chi connectivity index (χ3v) is 2.61. The molecule has 0 spiro atoms. The van der Waals surface area contributed by atoms with Gasteiger partial charge in [0.25, 0.3) is 5.91 Å². The van der Waals surface area contributed by atoms with E-state index in [1.54, 1.807) is 36.4 Å². The molecule has 19 heavy (non-hydrogen) atoms. The molecule has 0 saturated heterocycles. The summed E-state index contributed by atoms with van der Waals surface area (Å²) in [5.41, 5.74) is 1.29. The molecule has 2 rings (SSSR count). The highest BCUT2D eigenvalue weighted by molar-refractivity contribution is 5.92. The highest BCUT2D eigenvalue weighted by Crippen LogP contribution is 2.04. The number of aromatic nitrogens is 4. The molecular formula is C12H16N6O. The van der Waals surface area contributed by atoms with Crippen LogP contribution in [0, 0.1) is 0 Å². The van der Waals surface area contributed by atoms with Gasteiger partial charge in [-0.15, -0.1) is 5.10 Å². The van der Waals surface area contributed by atoms with Gasteiger partial charge in [0.2, 0.25) is 0 Å². The number of nitrogens with one attached hydrogen (secondary N) is 2. The number of rotatable bonds is 6. The van der Waals surface area contributed by atoms with Crippen LogP contribution in [0.1, 0.15) is 16.9 Å². The monoisotopic (exact) mass is 260 g/mol. The Morgan fingerprint density at radius 2 is 2.32 bits per heavy atom. The number of aryl methyl sites for hydroxylation is 1. The summed E-state index contributed by atoms with van der Waals surface area (Å²) in [6, 6.07) is 3.51. The van der Waals surface area contributed by atoms with Crippen molar-refractivity contribution < 1.29 is 4.79 Å². The summed E-state index contributed by atoms with van der Waals surface area (Å²) >= 11 is 0. The lowest BCUT2D eigenvalue weighted by molar-refractivity contribution is 0.0947. The number of hydrogen-bond acceptors (Lipinski definition) is 5. The van der Waals surface area contributed by atoms with Gasteiger partial charge >= 0.3 is 0 Å². The van der Waals surface area contributed by atoms with Crippen LogP contribution in [0.2, 0.25) is 0 Å². The molecule has 0 saturated carbocycles. The van der Waals surface area contributed by atoms with Crippen molar-refractivity contribution in [1.29, 1.82) is 0 Å². The second kappa shape index (κ2) is 6.48. The minimum Gasteiger partial charge on any atom is -0.387 e. The molecule has 0 bridgehead atoms. The maximum atomic E-state index is 11.8. The zero-order valence-electron chi connectivity index (χ0n) is 10.7. The van der Waals surface area contributed by atoms with E-state index in [1.807, 2.05) is 6.07 Å². The summed E-state index contributed by atoms with van der Waals surface area (Å²) in [7, 11) is 1.81. The second-order valence-corrected chi connectivity index (χ2v) is 3.96. The van der Waals surface area contributed by atoms with Crippen molar-refractivity contribution in [3.05, 3.63) is 36.4 Å². The quantitative estimate of drug-likeness (QED) is 0.740. The lowest BCUT2D eigenvalue weighted by Gasteiger charge is -2.05. The zero-order valence-corrected chi connectivity index (χ0v) is 10.7. The van der Waals surface area contributed by atoms with E-state index in [9.17, 15) is 4.79 Å². The molecule has 0 atom stereocenters. The largest absolute Gasteiger partial charge is 0.387 e. The summed E-state index contributed by atoms with van der Waals surface area (Å²) in [6.07, 6.45) is 5.85. The van der Waals surface area contributed by atoms with E-state index >= 15 is 0 Å². The molecule has 0 aliphatic carbocycles. The van der Waals surface area contributed by atoms with Crippen LogP contribution in [-0.4, -0.2) is 39.5 Å². The fraction of sp³-hybridized carbons (Fsp3) is 0.333. The van der Waals surface area contributed by atoms with E-state index in [0.29, 0.717) is 12.2 Å². The molecule has 7 heteroatoms. The normalized spacial score (nSPS) is 10.2. The van der Waals surface area contributed by atoms with Gasteiger partial charge in [-0.25, -0.2) is 4.98 Å². The first-order chi connectivity index (χ1) is 9.29. The molecule has 0 aromatic carbocycles. The highest BCUT2D eigenvalue weighted by Gasteiger charge is 2.05. The van der Waals surface area contributed by atoms with E-state index in [1.165, 1.54) is 0 Å². The van der Waals surface area contributed by atoms with Crippen molar-refractivity contribution in [2.24, 2.45) is 0 Å². The van der Waals surface area contributed by atoms with E-state index in [4.69, 9.17) is 0 Å². The number of carbonyl (C=O) groups excluding carboxylic acids is 1. The molecular weight excluding hydrogens is 244 g/mol. The van der Waals surface area contributed by atoms with E-state index in [0.717, 1.165) is 18.7 Å². The van der Waals surface area contributed by atoms with Gasteiger partial charge in [-0.05, 0) is 18.6 Å². The Kier molecular flexibility index (Phi) is 4.44. The van der Waals surface area contributed by atoms with Gasteiger partial charge in [-0.3, -0.25) is 9.48 Å². The summed E-state index contributed by atoms with van der Waals surface area (Å²) in [4.78, 5) is 15.9. The number of hydrogen-bond donors (Lipinski definition) is 2. The van der Waals surface area contributed by atoms with Crippen molar-refractivity contribution >= 4 is 11.6 Å². The fourth-order valence-electron chi connectivity index (χ4n) is 1.56. The minimum atomic E-state index is -0.166. The molecule has 2 heterocycles. The van der Waals surface area contributed by atoms with Crippen LogP contribution in [-0.2, 0) is 6.54 Å². The third kappa shape index (κ3) is 3.77. The molecule has 7 nitrogen and oxygen atoms in total. The number of carbonyl (C=O) groups is 1. The zero-order chi connectivity index (χ0) is 13.5. The van der Waals surface area contributed by atoms with Crippen LogP contribution in [0.5, 0.6) is 0 Å². The smallest absolute Gasteiger partial charge is 0.269 e. The first-order valence-corrected chi connectivity index (χ1v) is 6.05. The van der Waals surface area contributed by atoms with Crippen LogP contribution in [0.25, 0.3) is 0 Å². The topological polar surface area (TPSA) is 84.7 Å². The number of anilines is 1. The molecule has 2 aromatic rings. The summed E-state index contributed by atoms with van der Waals surface area (Å²) in [6.45, 7) is 1.31. The number of pyridine rings is 1. The Balaban J connectivity index is 1.74. The van der Waals surface area contributed by atoms with Gasteiger partial charge in [0.1, 0.15) is 5.69 Å². The summed E-state index contributed by atoms with van der Waals surface area (Å²) in [5.74, 6) is -0.166. The Morgan fingerprint density at radius 1 is 1.42 bits per heavy atom. The van der Waals surface area contributed by atoms with Gasteiger partial charge < -0.3 is 10.6 Å². The average molecular weight is 260 g/mol. The van der Waals surface area contributed by atoms with Crippen molar-refractivity contribution in [3.63, 3.8) is 0 Å². The van der Waals surface area contributed by atoms with Crippen molar-refractivity contribution in [1.82, 2.24) is 25.3 Å². The molecule has 0 aliphatic rings. The molecule has 0 unspecified atom stereocenters.